The quantitative estimate of drug-likeness (QED) is 0.528. The first-order valence-electron chi connectivity index (χ1n) is 3.51. The Labute approximate surface area is 78.2 Å². The molecule has 0 saturated heterocycles. The number of rotatable bonds is 2. The highest BCUT2D eigenvalue weighted by Crippen LogP contribution is 2.27. The summed E-state index contributed by atoms with van der Waals surface area (Å²) in [6, 6.07) is 0. The molecule has 1 aliphatic heterocycles. The van der Waals surface area contributed by atoms with Crippen LogP contribution in [0.3, 0.4) is 0 Å². The molecular formula is C6H6F3NO3S. The van der Waals surface area contributed by atoms with Crippen molar-refractivity contribution in [2.75, 3.05) is 6.54 Å². The van der Waals surface area contributed by atoms with E-state index in [0.717, 1.165) is 0 Å². The summed E-state index contributed by atoms with van der Waals surface area (Å²) in [7, 11) is -5.53. The van der Waals surface area contributed by atoms with Gasteiger partial charge in [0.2, 0.25) is 0 Å². The van der Waals surface area contributed by atoms with E-state index in [1.165, 1.54) is 12.3 Å². The van der Waals surface area contributed by atoms with Crippen molar-refractivity contribution in [1.29, 1.82) is 0 Å². The van der Waals surface area contributed by atoms with Gasteiger partial charge in [0, 0.05) is 12.6 Å². The van der Waals surface area contributed by atoms with Crippen molar-refractivity contribution < 1.29 is 25.8 Å². The van der Waals surface area contributed by atoms with Gasteiger partial charge in [-0.2, -0.15) is 21.6 Å². The molecule has 0 aromatic heterocycles. The number of dihydropyridines is 1. The van der Waals surface area contributed by atoms with Gasteiger partial charge in [-0.05, 0) is 6.08 Å². The summed E-state index contributed by atoms with van der Waals surface area (Å²) in [6.45, 7) is 0.128. The molecule has 4 nitrogen and oxygen atoms in total. The second-order valence-electron chi connectivity index (χ2n) is 2.41. The summed E-state index contributed by atoms with van der Waals surface area (Å²) >= 11 is 0. The summed E-state index contributed by atoms with van der Waals surface area (Å²) in [5.41, 5.74) is -5.39. The highest BCUT2D eigenvalue weighted by Gasteiger charge is 2.48. The van der Waals surface area contributed by atoms with E-state index in [1.54, 1.807) is 0 Å². The molecule has 0 spiro atoms. The van der Waals surface area contributed by atoms with Crippen LogP contribution < -0.4 is 0 Å². The third-order valence-electron chi connectivity index (χ3n) is 1.35. The normalized spacial score (nSPS) is 17.8. The van der Waals surface area contributed by atoms with Crippen LogP contribution in [0.1, 0.15) is 6.42 Å². The van der Waals surface area contributed by atoms with Crippen LogP contribution in [0.4, 0.5) is 13.2 Å². The minimum absolute atomic E-state index is 0.0463. The van der Waals surface area contributed by atoms with Crippen molar-refractivity contribution in [3.05, 3.63) is 11.8 Å². The van der Waals surface area contributed by atoms with Crippen LogP contribution in [0.25, 0.3) is 0 Å². The maximum absolute atomic E-state index is 11.8. The molecule has 1 heterocycles. The van der Waals surface area contributed by atoms with Gasteiger partial charge in [-0.25, -0.2) is 0 Å². The van der Waals surface area contributed by atoms with Crippen molar-refractivity contribution in [1.82, 2.24) is 0 Å². The fraction of sp³-hybridized carbons (Fsp3) is 0.500. The molecule has 0 saturated carbocycles. The molecule has 0 N–H and O–H groups in total. The van der Waals surface area contributed by atoms with E-state index in [0.29, 0.717) is 0 Å². The maximum Gasteiger partial charge on any atom is 0.534 e. The second kappa shape index (κ2) is 3.60. The van der Waals surface area contributed by atoms with Gasteiger partial charge in [0.25, 0.3) is 0 Å². The Hall–Kier alpha value is -1.05. The number of alkyl halides is 3. The Morgan fingerprint density at radius 3 is 2.50 bits per heavy atom. The van der Waals surface area contributed by atoms with Crippen LogP contribution in [-0.4, -0.2) is 26.7 Å². The van der Waals surface area contributed by atoms with Crippen LogP contribution in [0.5, 0.6) is 0 Å². The van der Waals surface area contributed by atoms with Gasteiger partial charge < -0.3 is 4.18 Å². The lowest BCUT2D eigenvalue weighted by molar-refractivity contribution is -0.0522. The largest absolute Gasteiger partial charge is 0.534 e. The molecular weight excluding hydrogens is 223 g/mol. The number of halogens is 3. The lowest BCUT2D eigenvalue weighted by atomic mass is 10.3. The number of aliphatic imine (C=N–C) groups is 1. The lowest BCUT2D eigenvalue weighted by Crippen LogP contribution is -2.25. The SMILES string of the molecule is O=S(=O)(OC1=CCN=CC1)C(F)(F)F. The highest BCUT2D eigenvalue weighted by molar-refractivity contribution is 7.87. The molecule has 0 fully saturated rings. The van der Waals surface area contributed by atoms with Crippen molar-refractivity contribution in [2.45, 2.75) is 11.9 Å². The lowest BCUT2D eigenvalue weighted by Gasteiger charge is -2.12. The zero-order chi connectivity index (χ0) is 10.8. The molecule has 14 heavy (non-hydrogen) atoms. The molecule has 0 aliphatic carbocycles. The molecule has 0 atom stereocenters. The van der Waals surface area contributed by atoms with Crippen molar-refractivity contribution in [3.63, 3.8) is 0 Å². The van der Waals surface area contributed by atoms with Crippen LogP contribution in [0, 0.1) is 0 Å². The third-order valence-corrected chi connectivity index (χ3v) is 2.35. The number of hydrogen-bond donors (Lipinski definition) is 0. The summed E-state index contributed by atoms with van der Waals surface area (Å²) in [4.78, 5) is 3.66. The predicted molar refractivity (Wildman–Crippen MR) is 42.1 cm³/mol. The average molecular weight is 229 g/mol. The highest BCUT2D eigenvalue weighted by atomic mass is 32.2. The van der Waals surface area contributed by atoms with E-state index in [4.69, 9.17) is 0 Å². The van der Waals surface area contributed by atoms with Gasteiger partial charge in [-0.15, -0.1) is 0 Å². The van der Waals surface area contributed by atoms with E-state index in [-0.39, 0.29) is 18.7 Å². The Morgan fingerprint density at radius 2 is 2.07 bits per heavy atom. The number of hydrogen-bond acceptors (Lipinski definition) is 4. The fourth-order valence-electron chi connectivity index (χ4n) is 0.723. The first kappa shape index (κ1) is 11.0. The van der Waals surface area contributed by atoms with Gasteiger partial charge in [-0.1, -0.05) is 0 Å². The molecule has 80 valence electrons. The molecule has 0 aromatic rings. The number of nitrogens with zero attached hydrogens (tertiary/aromatic N) is 1. The minimum atomic E-state index is -5.53. The van der Waals surface area contributed by atoms with Gasteiger partial charge in [0.05, 0.1) is 6.54 Å². The summed E-state index contributed by atoms with van der Waals surface area (Å²) in [5.74, 6) is -0.252. The topological polar surface area (TPSA) is 55.7 Å². The molecule has 0 radical (unpaired) electrons. The van der Waals surface area contributed by atoms with E-state index in [9.17, 15) is 21.6 Å². The predicted octanol–water partition coefficient (Wildman–Crippen LogP) is 1.21. The summed E-state index contributed by atoms with van der Waals surface area (Å²) in [6.07, 6.45) is 2.43. The molecule has 0 unspecified atom stereocenters. The van der Waals surface area contributed by atoms with Crippen LogP contribution in [0.15, 0.2) is 16.8 Å². The maximum atomic E-state index is 11.8. The first-order chi connectivity index (χ1) is 6.33. The zero-order valence-electron chi connectivity index (χ0n) is 6.78. The average Bonchev–Trinajstić information content (AvgIpc) is 2.03. The van der Waals surface area contributed by atoms with Crippen molar-refractivity contribution in [2.24, 2.45) is 4.99 Å². The van der Waals surface area contributed by atoms with E-state index < -0.39 is 15.6 Å². The Kier molecular flexibility index (Phi) is 2.84. The third kappa shape index (κ3) is 2.47. The van der Waals surface area contributed by atoms with E-state index in [2.05, 4.69) is 9.18 Å². The summed E-state index contributed by atoms with van der Waals surface area (Å²) in [5, 5.41) is 0. The minimum Gasteiger partial charge on any atom is -0.380 e. The van der Waals surface area contributed by atoms with E-state index >= 15 is 0 Å². The molecule has 0 aromatic carbocycles. The Balaban J connectivity index is 2.74. The second-order valence-corrected chi connectivity index (χ2v) is 3.94. The van der Waals surface area contributed by atoms with Crippen molar-refractivity contribution >= 4 is 16.3 Å². The molecule has 0 amide bonds. The van der Waals surface area contributed by atoms with Gasteiger partial charge in [0.1, 0.15) is 5.76 Å². The van der Waals surface area contributed by atoms with Crippen LogP contribution in [0.2, 0.25) is 0 Å². The van der Waals surface area contributed by atoms with Gasteiger partial charge in [0.15, 0.2) is 0 Å². The molecule has 0 bridgehead atoms. The standard InChI is InChI=1S/C6H6F3NO3S/c7-6(8,9)14(11,12)13-5-1-3-10-4-2-5/h1,4H,2-3H2. The number of allylic oxidation sites excluding steroid dienone is 1. The van der Waals surface area contributed by atoms with E-state index in [1.807, 2.05) is 0 Å². The Bertz CT molecular complexity index is 368. The zero-order valence-corrected chi connectivity index (χ0v) is 7.60. The molecule has 1 aliphatic rings. The van der Waals surface area contributed by atoms with Crippen molar-refractivity contribution in [3.8, 4) is 0 Å². The fourth-order valence-corrected chi connectivity index (χ4v) is 1.24. The first-order valence-corrected chi connectivity index (χ1v) is 4.92. The van der Waals surface area contributed by atoms with Gasteiger partial charge in [-0.3, -0.25) is 4.99 Å². The molecule has 8 heteroatoms. The van der Waals surface area contributed by atoms with Gasteiger partial charge >= 0.3 is 15.6 Å². The smallest absolute Gasteiger partial charge is 0.380 e. The Morgan fingerprint density at radius 1 is 1.43 bits per heavy atom. The van der Waals surface area contributed by atoms with Crippen LogP contribution in [-0.2, 0) is 14.3 Å². The molecule has 1 rings (SSSR count). The monoisotopic (exact) mass is 229 g/mol. The van der Waals surface area contributed by atoms with Crippen LogP contribution >= 0.6 is 0 Å². The summed E-state index contributed by atoms with van der Waals surface area (Å²) < 4.78 is 60.3.